The molecule has 18 atom stereocenters. The summed E-state index contributed by atoms with van der Waals surface area (Å²) in [4.78, 5) is 51.0. The van der Waals surface area contributed by atoms with Gasteiger partial charge in [-0.15, -0.1) is 0 Å². The number of aliphatic hydroxyl groups is 10. The Balaban J connectivity index is 1.74. The minimum atomic E-state index is -5.70. The standard InChI is InChI=1S/C73H131O24P/c1-4-7-10-13-16-19-22-25-28-31-33-36-39-42-45-48-58(76)90-53-56-61(79)63(81)68(86)73(94-56)96-70-66(84)64(82)65(83)69(95-72-67(85)62(80)60(78)55(50-74)93-72)71(70)97-98(87,88)91-52-54(92-59(77)49-46-43-40-37-34-30-27-24-21-18-15-12-9-6-3)51-89-57(75)47-44-41-38-35-32-29-26-23-20-17-14-11-8-5-2/h19,22,29-30,32,34,54-56,60-74,78-86H,4-18,20-21,23-28,31,33,35-53H2,1-3H3,(H,87,88)/b22-19-,32-29-,34-30-. The van der Waals surface area contributed by atoms with Crippen molar-refractivity contribution in [2.24, 2.45) is 0 Å². The van der Waals surface area contributed by atoms with E-state index >= 15 is 0 Å². The Hall–Kier alpha value is -2.82. The summed E-state index contributed by atoms with van der Waals surface area (Å²) >= 11 is 0. The molecule has 0 amide bonds. The molecule has 0 aromatic heterocycles. The number of rotatable bonds is 58. The number of ether oxygens (including phenoxy) is 7. The minimum Gasteiger partial charge on any atom is -0.463 e. The number of hydrogen-bond donors (Lipinski definition) is 11. The average molecular weight is 1420 g/mol. The maximum absolute atomic E-state index is 14.3. The van der Waals surface area contributed by atoms with Crippen LogP contribution in [0.3, 0.4) is 0 Å². The molecule has 2 saturated heterocycles. The van der Waals surface area contributed by atoms with E-state index in [4.69, 9.17) is 42.2 Å². The lowest BCUT2D eigenvalue weighted by molar-refractivity contribution is -0.360. The molecule has 18 unspecified atom stereocenters. The maximum atomic E-state index is 14.3. The number of hydrogen-bond acceptors (Lipinski definition) is 23. The number of allylic oxidation sites excluding steroid dienone is 6. The first-order valence-electron chi connectivity index (χ1n) is 37.8. The fourth-order valence-corrected chi connectivity index (χ4v) is 13.1. The highest BCUT2D eigenvalue weighted by molar-refractivity contribution is 7.47. The Labute approximate surface area is 585 Å². The van der Waals surface area contributed by atoms with Gasteiger partial charge in [-0.3, -0.25) is 23.4 Å². The molecular weight excluding hydrogens is 1290 g/mol. The van der Waals surface area contributed by atoms with E-state index in [9.17, 15) is 74.9 Å². The summed E-state index contributed by atoms with van der Waals surface area (Å²) < 4.78 is 65.0. The van der Waals surface area contributed by atoms with Crippen LogP contribution in [0.15, 0.2) is 36.5 Å². The lowest BCUT2D eigenvalue weighted by Crippen LogP contribution is -2.69. The van der Waals surface area contributed by atoms with E-state index in [1.165, 1.54) is 103 Å². The van der Waals surface area contributed by atoms with Crippen molar-refractivity contribution in [3.63, 3.8) is 0 Å². The second kappa shape index (κ2) is 54.8. The summed E-state index contributed by atoms with van der Waals surface area (Å²) in [6, 6.07) is 0. The second-order valence-corrected chi connectivity index (χ2v) is 28.4. The van der Waals surface area contributed by atoms with Gasteiger partial charge >= 0.3 is 25.7 Å². The molecule has 0 aromatic carbocycles. The van der Waals surface area contributed by atoms with Crippen LogP contribution in [0.1, 0.15) is 278 Å². The van der Waals surface area contributed by atoms with E-state index in [-0.39, 0.29) is 19.3 Å². The van der Waals surface area contributed by atoms with E-state index in [1.54, 1.807) is 0 Å². The van der Waals surface area contributed by atoms with Crippen LogP contribution < -0.4 is 0 Å². The largest absolute Gasteiger partial charge is 0.472 e. The average Bonchev–Trinajstić information content (AvgIpc) is 0.718. The summed E-state index contributed by atoms with van der Waals surface area (Å²) in [6.07, 6.45) is 16.4. The van der Waals surface area contributed by atoms with Gasteiger partial charge in [0.25, 0.3) is 0 Å². The van der Waals surface area contributed by atoms with E-state index in [1.807, 2.05) is 0 Å². The highest BCUT2D eigenvalue weighted by atomic mass is 31.2. The van der Waals surface area contributed by atoms with Crippen LogP contribution in [0.2, 0.25) is 0 Å². The molecule has 3 aliphatic rings. The summed E-state index contributed by atoms with van der Waals surface area (Å²) in [6.45, 7) is 3.39. The molecule has 25 heteroatoms. The van der Waals surface area contributed by atoms with Crippen LogP contribution in [0.4, 0.5) is 0 Å². The number of esters is 3. The number of phosphoric ester groups is 1. The van der Waals surface area contributed by atoms with Gasteiger partial charge in [-0.1, -0.05) is 198 Å². The predicted molar refractivity (Wildman–Crippen MR) is 370 cm³/mol. The van der Waals surface area contributed by atoms with Gasteiger partial charge in [-0.2, -0.15) is 0 Å². The fraction of sp³-hybridized carbons (Fsp3) is 0.877. The third kappa shape index (κ3) is 37.6. The van der Waals surface area contributed by atoms with Crippen molar-refractivity contribution in [2.45, 2.75) is 382 Å². The van der Waals surface area contributed by atoms with Crippen LogP contribution in [-0.2, 0) is 61.2 Å². The number of carbonyl (C=O) groups excluding carboxylic acids is 3. The second-order valence-electron chi connectivity index (χ2n) is 27.0. The lowest BCUT2D eigenvalue weighted by Gasteiger charge is -2.49. The van der Waals surface area contributed by atoms with E-state index in [2.05, 4.69) is 57.2 Å². The molecule has 572 valence electrons. The van der Waals surface area contributed by atoms with Crippen molar-refractivity contribution in [3.8, 4) is 0 Å². The number of carbonyl (C=O) groups is 3. The zero-order valence-corrected chi connectivity index (χ0v) is 60.5. The summed E-state index contributed by atoms with van der Waals surface area (Å²) in [5.41, 5.74) is 0. The SMILES string of the molecule is CCCCCC/C=C\CCCCCCCCCC(=O)OCC1OC(OC2C(O)C(O)C(O)C(OC3OC(CO)C(O)C(O)C3O)C2OP(=O)(O)OCC(COC(=O)CCCCC/C=C\CCCCCCCCC)OC(=O)CCCCC/C=C\CCCCCCCCC)C(O)C(O)C1O. The van der Waals surface area contributed by atoms with E-state index < -0.39 is 156 Å². The molecule has 0 aromatic rings. The van der Waals surface area contributed by atoms with Crippen LogP contribution in [0.5, 0.6) is 0 Å². The number of aliphatic hydroxyl groups excluding tert-OH is 10. The zero-order chi connectivity index (χ0) is 71.8. The lowest BCUT2D eigenvalue weighted by atomic mass is 9.84. The molecular formula is C73H131O24P. The van der Waals surface area contributed by atoms with Gasteiger partial charge in [0, 0.05) is 19.3 Å². The Morgan fingerprint density at radius 3 is 1.12 bits per heavy atom. The van der Waals surface area contributed by atoms with Crippen molar-refractivity contribution in [1.29, 1.82) is 0 Å². The molecule has 1 aliphatic carbocycles. The van der Waals surface area contributed by atoms with Crippen LogP contribution in [0, 0.1) is 0 Å². The first kappa shape index (κ1) is 89.4. The first-order valence-corrected chi connectivity index (χ1v) is 39.3. The monoisotopic (exact) mass is 1420 g/mol. The minimum absolute atomic E-state index is 0.0212. The van der Waals surface area contributed by atoms with Gasteiger partial charge in [0.1, 0.15) is 98.7 Å². The molecule has 3 fully saturated rings. The van der Waals surface area contributed by atoms with Gasteiger partial charge in [0.2, 0.25) is 0 Å². The van der Waals surface area contributed by atoms with Crippen molar-refractivity contribution >= 4 is 25.7 Å². The molecule has 2 aliphatic heterocycles. The summed E-state index contributed by atoms with van der Waals surface area (Å²) in [7, 11) is -5.70. The maximum Gasteiger partial charge on any atom is 0.472 e. The van der Waals surface area contributed by atoms with Crippen LogP contribution in [-0.4, -0.2) is 204 Å². The Morgan fingerprint density at radius 1 is 0.388 bits per heavy atom. The number of phosphoric acid groups is 1. The Kier molecular flexibility index (Phi) is 50.0. The molecule has 0 radical (unpaired) electrons. The third-order valence-electron chi connectivity index (χ3n) is 18.4. The highest BCUT2D eigenvalue weighted by Crippen LogP contribution is 2.49. The first-order chi connectivity index (χ1) is 47.3. The highest BCUT2D eigenvalue weighted by Gasteiger charge is 2.58. The van der Waals surface area contributed by atoms with Gasteiger partial charge < -0.3 is 89.1 Å². The molecule has 3 rings (SSSR count). The van der Waals surface area contributed by atoms with Gasteiger partial charge in [0.15, 0.2) is 18.7 Å². The summed E-state index contributed by atoms with van der Waals surface area (Å²) in [5, 5.41) is 110. The Bertz CT molecular complexity index is 2170. The van der Waals surface area contributed by atoms with E-state index in [0.717, 1.165) is 109 Å². The molecule has 11 N–H and O–H groups in total. The van der Waals surface area contributed by atoms with Crippen molar-refractivity contribution in [3.05, 3.63) is 36.5 Å². The molecule has 24 nitrogen and oxygen atoms in total. The fourth-order valence-electron chi connectivity index (χ4n) is 12.2. The van der Waals surface area contributed by atoms with Crippen molar-refractivity contribution in [1.82, 2.24) is 0 Å². The Morgan fingerprint density at radius 2 is 0.714 bits per heavy atom. The van der Waals surface area contributed by atoms with Crippen LogP contribution in [0.25, 0.3) is 0 Å². The predicted octanol–water partition coefficient (Wildman–Crippen LogP) is 10.3. The van der Waals surface area contributed by atoms with Crippen LogP contribution >= 0.6 is 7.82 Å². The molecule has 98 heavy (non-hydrogen) atoms. The number of unbranched alkanes of at least 4 members (excludes halogenated alkanes) is 31. The zero-order valence-electron chi connectivity index (χ0n) is 59.6. The quantitative estimate of drug-likeness (QED) is 0.00886. The van der Waals surface area contributed by atoms with Crippen molar-refractivity contribution in [2.75, 3.05) is 26.4 Å². The molecule has 0 bridgehead atoms. The molecule has 2 heterocycles. The summed E-state index contributed by atoms with van der Waals surface area (Å²) in [5.74, 6) is -2.03. The smallest absolute Gasteiger partial charge is 0.463 e. The third-order valence-corrected chi connectivity index (χ3v) is 19.3. The van der Waals surface area contributed by atoms with E-state index in [0.29, 0.717) is 25.7 Å². The topological polar surface area (TPSA) is 374 Å². The molecule has 1 saturated carbocycles. The normalized spacial score (nSPS) is 27.8. The van der Waals surface area contributed by atoms with Gasteiger partial charge in [-0.05, 0) is 96.3 Å². The van der Waals surface area contributed by atoms with Gasteiger partial charge in [-0.25, -0.2) is 4.57 Å². The van der Waals surface area contributed by atoms with Crippen molar-refractivity contribution < 1.29 is 117 Å². The molecule has 0 spiro atoms. The van der Waals surface area contributed by atoms with Gasteiger partial charge in [0.05, 0.1) is 13.2 Å².